The minimum Gasteiger partial charge on any atom is -0.465 e. The predicted molar refractivity (Wildman–Crippen MR) is 92.4 cm³/mol. The molecule has 1 aromatic carbocycles. The fourth-order valence-electron chi connectivity index (χ4n) is 1.92. The quantitative estimate of drug-likeness (QED) is 0.742. The molecule has 0 saturated carbocycles. The fourth-order valence-corrected chi connectivity index (χ4v) is 1.92. The van der Waals surface area contributed by atoms with Crippen LogP contribution in [0, 0.1) is 0 Å². The summed E-state index contributed by atoms with van der Waals surface area (Å²) in [4.78, 5) is 25.5. The number of esters is 1. The molecule has 0 heterocycles. The number of hydrogen-bond donors (Lipinski definition) is 0. The molecule has 0 radical (unpaired) electrons. The minimum atomic E-state index is -0.597. The molecule has 1 rings (SSSR count). The molecule has 6 nitrogen and oxygen atoms in total. The first-order valence-electron chi connectivity index (χ1n) is 7.94. The van der Waals surface area contributed by atoms with Gasteiger partial charge in [0.15, 0.2) is 0 Å². The maximum absolute atomic E-state index is 12.5. The SMILES string of the molecule is COC(=O)c1ccc(N(CCOC(C)C)C(=O)OC(C)(C)C)cc1. The number of carbonyl (C=O) groups excluding carboxylic acids is 2. The molecule has 1 aromatic rings. The molecule has 0 saturated heterocycles. The van der Waals surface area contributed by atoms with E-state index in [1.54, 1.807) is 24.3 Å². The molecule has 1 amide bonds. The highest BCUT2D eigenvalue weighted by Crippen LogP contribution is 2.19. The van der Waals surface area contributed by atoms with Crippen molar-refractivity contribution in [2.75, 3.05) is 25.2 Å². The topological polar surface area (TPSA) is 65.1 Å². The molecule has 0 N–H and O–H groups in total. The molecule has 0 fully saturated rings. The van der Waals surface area contributed by atoms with E-state index < -0.39 is 17.7 Å². The van der Waals surface area contributed by atoms with Crippen molar-refractivity contribution in [1.82, 2.24) is 0 Å². The molecular weight excluding hydrogens is 310 g/mol. The lowest BCUT2D eigenvalue weighted by Gasteiger charge is -2.27. The Morgan fingerprint density at radius 3 is 2.17 bits per heavy atom. The highest BCUT2D eigenvalue weighted by Gasteiger charge is 2.23. The molecule has 0 unspecified atom stereocenters. The summed E-state index contributed by atoms with van der Waals surface area (Å²) < 4.78 is 15.7. The predicted octanol–water partition coefficient (Wildman–Crippen LogP) is 3.64. The van der Waals surface area contributed by atoms with Gasteiger partial charge in [-0.1, -0.05) is 0 Å². The number of rotatable bonds is 6. The zero-order valence-electron chi connectivity index (χ0n) is 15.3. The smallest absolute Gasteiger partial charge is 0.414 e. The lowest BCUT2D eigenvalue weighted by Crippen LogP contribution is -2.39. The van der Waals surface area contributed by atoms with Gasteiger partial charge in [-0.2, -0.15) is 0 Å². The first kappa shape index (κ1) is 20.0. The van der Waals surface area contributed by atoms with E-state index >= 15 is 0 Å². The summed E-state index contributed by atoms with van der Waals surface area (Å²) >= 11 is 0. The van der Waals surface area contributed by atoms with E-state index in [9.17, 15) is 9.59 Å². The summed E-state index contributed by atoms with van der Waals surface area (Å²) in [5.41, 5.74) is 0.452. The van der Waals surface area contributed by atoms with Crippen LogP contribution >= 0.6 is 0 Å². The van der Waals surface area contributed by atoms with Gasteiger partial charge in [0.2, 0.25) is 0 Å². The van der Waals surface area contributed by atoms with Gasteiger partial charge in [-0.3, -0.25) is 4.90 Å². The maximum Gasteiger partial charge on any atom is 0.414 e. The Bertz CT molecular complexity index is 546. The number of methoxy groups -OCH3 is 1. The van der Waals surface area contributed by atoms with Crippen LogP contribution in [0.25, 0.3) is 0 Å². The van der Waals surface area contributed by atoms with Crippen molar-refractivity contribution in [3.8, 4) is 0 Å². The highest BCUT2D eigenvalue weighted by atomic mass is 16.6. The molecule has 0 bridgehead atoms. The minimum absolute atomic E-state index is 0.0761. The first-order valence-corrected chi connectivity index (χ1v) is 7.94. The number of nitrogens with zero attached hydrogens (tertiary/aromatic N) is 1. The third kappa shape index (κ3) is 6.58. The second-order valence-electron chi connectivity index (χ2n) is 6.59. The summed E-state index contributed by atoms with van der Waals surface area (Å²) in [7, 11) is 1.33. The molecular formula is C18H27NO5. The number of carbonyl (C=O) groups is 2. The van der Waals surface area contributed by atoms with Crippen molar-refractivity contribution >= 4 is 17.7 Å². The van der Waals surface area contributed by atoms with E-state index in [0.29, 0.717) is 24.4 Å². The molecule has 6 heteroatoms. The molecule has 0 aliphatic heterocycles. The Kier molecular flexibility index (Phi) is 7.22. The normalized spacial score (nSPS) is 11.3. The van der Waals surface area contributed by atoms with Crippen LogP contribution in [0.3, 0.4) is 0 Å². The van der Waals surface area contributed by atoms with Gasteiger partial charge in [0.1, 0.15) is 5.60 Å². The Hall–Kier alpha value is -2.08. The van der Waals surface area contributed by atoms with Crippen molar-refractivity contribution in [2.24, 2.45) is 0 Å². The summed E-state index contributed by atoms with van der Waals surface area (Å²) in [5, 5.41) is 0. The summed E-state index contributed by atoms with van der Waals surface area (Å²) in [5.74, 6) is -0.423. The van der Waals surface area contributed by atoms with Crippen LogP contribution in [-0.2, 0) is 14.2 Å². The second kappa shape index (κ2) is 8.68. The van der Waals surface area contributed by atoms with Gasteiger partial charge in [0, 0.05) is 5.69 Å². The Morgan fingerprint density at radius 1 is 1.12 bits per heavy atom. The number of ether oxygens (including phenoxy) is 3. The zero-order chi connectivity index (χ0) is 18.3. The van der Waals surface area contributed by atoms with E-state index in [4.69, 9.17) is 9.47 Å². The van der Waals surface area contributed by atoms with E-state index in [1.807, 2.05) is 34.6 Å². The van der Waals surface area contributed by atoms with E-state index in [-0.39, 0.29) is 6.10 Å². The fraction of sp³-hybridized carbons (Fsp3) is 0.556. The van der Waals surface area contributed by atoms with Gasteiger partial charge >= 0.3 is 12.1 Å². The monoisotopic (exact) mass is 337 g/mol. The molecule has 0 atom stereocenters. The van der Waals surface area contributed by atoms with Crippen molar-refractivity contribution < 1.29 is 23.8 Å². The first-order chi connectivity index (χ1) is 11.1. The van der Waals surface area contributed by atoms with Crippen molar-refractivity contribution in [1.29, 1.82) is 0 Å². The zero-order valence-corrected chi connectivity index (χ0v) is 15.3. The molecule has 0 aliphatic rings. The van der Waals surface area contributed by atoms with E-state index in [0.717, 1.165) is 0 Å². The summed E-state index contributed by atoms with van der Waals surface area (Å²) in [6.45, 7) is 10.0. The molecule has 24 heavy (non-hydrogen) atoms. The second-order valence-corrected chi connectivity index (χ2v) is 6.59. The van der Waals surface area contributed by atoms with E-state index in [1.165, 1.54) is 12.0 Å². The lowest BCUT2D eigenvalue weighted by molar-refractivity contribution is 0.0526. The third-order valence-electron chi connectivity index (χ3n) is 2.98. The van der Waals surface area contributed by atoms with Crippen molar-refractivity contribution in [3.63, 3.8) is 0 Å². The van der Waals surface area contributed by atoms with Gasteiger partial charge < -0.3 is 14.2 Å². The molecule has 0 aromatic heterocycles. The van der Waals surface area contributed by atoms with Crippen LogP contribution in [0.4, 0.5) is 10.5 Å². The largest absolute Gasteiger partial charge is 0.465 e. The average Bonchev–Trinajstić information content (AvgIpc) is 2.49. The van der Waals surface area contributed by atoms with Crippen LogP contribution in [-0.4, -0.2) is 44.0 Å². The third-order valence-corrected chi connectivity index (χ3v) is 2.98. The number of hydrogen-bond acceptors (Lipinski definition) is 5. The molecule has 134 valence electrons. The van der Waals surface area contributed by atoms with Crippen LogP contribution in [0.5, 0.6) is 0 Å². The number of benzene rings is 1. The standard InChI is InChI=1S/C18H27NO5/c1-13(2)23-12-11-19(17(21)24-18(3,4)5)15-9-7-14(8-10-15)16(20)22-6/h7-10,13H,11-12H2,1-6H3. The van der Waals surface area contributed by atoms with Crippen LogP contribution in [0.2, 0.25) is 0 Å². The van der Waals surface area contributed by atoms with Gasteiger partial charge in [-0.25, -0.2) is 9.59 Å². The van der Waals surface area contributed by atoms with Gasteiger partial charge in [0.05, 0.1) is 31.9 Å². The highest BCUT2D eigenvalue weighted by molar-refractivity contribution is 5.91. The Balaban J connectivity index is 2.94. The molecule has 0 spiro atoms. The average molecular weight is 337 g/mol. The maximum atomic E-state index is 12.5. The molecule has 0 aliphatic carbocycles. The summed E-state index contributed by atoms with van der Waals surface area (Å²) in [6.07, 6.45) is -0.382. The number of anilines is 1. The van der Waals surface area contributed by atoms with Gasteiger partial charge in [-0.05, 0) is 58.9 Å². The summed E-state index contributed by atoms with van der Waals surface area (Å²) in [6, 6.07) is 6.60. The number of amides is 1. The van der Waals surface area contributed by atoms with Crippen molar-refractivity contribution in [3.05, 3.63) is 29.8 Å². The van der Waals surface area contributed by atoms with Crippen LogP contribution < -0.4 is 4.90 Å². The van der Waals surface area contributed by atoms with Gasteiger partial charge in [-0.15, -0.1) is 0 Å². The van der Waals surface area contributed by atoms with Gasteiger partial charge in [0.25, 0.3) is 0 Å². The lowest BCUT2D eigenvalue weighted by atomic mass is 10.2. The van der Waals surface area contributed by atoms with Crippen LogP contribution in [0.15, 0.2) is 24.3 Å². The van der Waals surface area contributed by atoms with Crippen molar-refractivity contribution in [2.45, 2.75) is 46.3 Å². The Morgan fingerprint density at radius 2 is 1.71 bits per heavy atom. The Labute approximate surface area is 143 Å². The van der Waals surface area contributed by atoms with E-state index in [2.05, 4.69) is 4.74 Å². The van der Waals surface area contributed by atoms with Crippen LogP contribution in [0.1, 0.15) is 45.0 Å².